The average Bonchev–Trinajstić information content (AvgIpc) is 1.35. The summed E-state index contributed by atoms with van der Waals surface area (Å²) >= 11 is 0. The molecule has 0 unspecified atom stereocenters. The van der Waals surface area contributed by atoms with Crippen molar-refractivity contribution in [3.63, 3.8) is 0 Å². The van der Waals surface area contributed by atoms with E-state index in [1.807, 2.05) is 13.8 Å². The molecule has 1 radical (unpaired) electrons. The van der Waals surface area contributed by atoms with Gasteiger partial charge in [0.15, 0.2) is 0 Å². The van der Waals surface area contributed by atoms with Crippen LogP contribution in [0.2, 0.25) is 0 Å². The third-order valence-corrected chi connectivity index (χ3v) is 0.526. The van der Waals surface area contributed by atoms with E-state index < -0.39 is 0 Å². The zero-order valence-electron chi connectivity index (χ0n) is 5.07. The van der Waals surface area contributed by atoms with E-state index in [2.05, 4.69) is 0 Å². The van der Waals surface area contributed by atoms with E-state index in [4.69, 9.17) is 11.5 Å². The van der Waals surface area contributed by atoms with Gasteiger partial charge >= 0.3 is 0 Å². The van der Waals surface area contributed by atoms with Gasteiger partial charge in [-0.15, -0.1) is 24.0 Å². The van der Waals surface area contributed by atoms with Gasteiger partial charge in [-0.05, 0) is 13.8 Å². The Hall–Kier alpha value is 1.17. The zero-order valence-corrected chi connectivity index (χ0v) is 8.34. The minimum absolute atomic E-state index is 0. The molecule has 0 saturated heterocycles. The summed E-state index contributed by atoms with van der Waals surface area (Å²) in [5.41, 5.74) is 10.4. The normalized spacial score (nSPS) is 9.00. The Morgan fingerprint density at radius 2 is 1.50 bits per heavy atom. The SMILES string of the molecule is CC(C)(N)CN.I.[Cu]. The number of hydrogen-bond donors (Lipinski definition) is 2. The minimum atomic E-state index is -0.181. The van der Waals surface area contributed by atoms with Gasteiger partial charge in [0, 0.05) is 29.2 Å². The van der Waals surface area contributed by atoms with Gasteiger partial charge < -0.3 is 11.5 Å². The van der Waals surface area contributed by atoms with Crippen LogP contribution in [-0.2, 0) is 17.1 Å². The van der Waals surface area contributed by atoms with E-state index in [0.29, 0.717) is 6.54 Å². The van der Waals surface area contributed by atoms with E-state index in [9.17, 15) is 0 Å². The molecule has 8 heavy (non-hydrogen) atoms. The quantitative estimate of drug-likeness (QED) is 0.536. The molecule has 0 spiro atoms. The number of hydrogen-bond acceptors (Lipinski definition) is 2. The summed E-state index contributed by atoms with van der Waals surface area (Å²) in [7, 11) is 0. The van der Waals surface area contributed by atoms with Gasteiger partial charge in [-0.1, -0.05) is 0 Å². The molecular formula is C4H13CuIN2. The molecular weight excluding hydrogens is 267 g/mol. The van der Waals surface area contributed by atoms with Crippen molar-refractivity contribution in [1.29, 1.82) is 0 Å². The largest absolute Gasteiger partial charge is 0.329 e. The standard InChI is InChI=1S/C4H12N2.Cu.HI/c1-4(2,6)3-5;;/h3,5-6H2,1-2H3;;1H. The Kier molecular flexibility index (Phi) is 12.6. The molecule has 0 rings (SSSR count). The van der Waals surface area contributed by atoms with Gasteiger partial charge in [0.2, 0.25) is 0 Å². The second-order valence-corrected chi connectivity index (χ2v) is 2.19. The molecule has 57 valence electrons. The third kappa shape index (κ3) is 15.7. The number of nitrogens with two attached hydrogens (primary N) is 2. The molecule has 0 aliphatic carbocycles. The summed E-state index contributed by atoms with van der Waals surface area (Å²) in [6.07, 6.45) is 0. The van der Waals surface area contributed by atoms with Crippen molar-refractivity contribution in [2.45, 2.75) is 19.4 Å². The summed E-state index contributed by atoms with van der Waals surface area (Å²) < 4.78 is 0. The molecule has 0 aromatic rings. The van der Waals surface area contributed by atoms with Gasteiger partial charge in [-0.2, -0.15) is 0 Å². The fraction of sp³-hybridized carbons (Fsp3) is 1.00. The number of halogens is 1. The van der Waals surface area contributed by atoms with Crippen molar-refractivity contribution < 1.29 is 17.1 Å². The molecule has 4 N–H and O–H groups in total. The molecule has 2 nitrogen and oxygen atoms in total. The maximum atomic E-state index is 5.41. The molecule has 0 bridgehead atoms. The second-order valence-electron chi connectivity index (χ2n) is 2.19. The van der Waals surface area contributed by atoms with Crippen LogP contribution < -0.4 is 11.5 Å². The molecule has 0 aromatic carbocycles. The van der Waals surface area contributed by atoms with Crippen LogP contribution >= 0.6 is 24.0 Å². The smallest absolute Gasteiger partial charge is 0.0221 e. The van der Waals surface area contributed by atoms with Crippen LogP contribution in [0.1, 0.15) is 13.8 Å². The Bertz CT molecular complexity index is 43.8. The summed E-state index contributed by atoms with van der Waals surface area (Å²) in [6, 6.07) is 0. The van der Waals surface area contributed by atoms with Crippen molar-refractivity contribution >= 4 is 24.0 Å². The maximum Gasteiger partial charge on any atom is 0.0221 e. The molecule has 0 amide bonds. The van der Waals surface area contributed by atoms with Gasteiger partial charge in [0.05, 0.1) is 0 Å². The van der Waals surface area contributed by atoms with E-state index in [1.54, 1.807) is 0 Å². The molecule has 0 aromatic heterocycles. The molecule has 0 heterocycles. The fourth-order valence-electron chi connectivity index (χ4n) is 0. The molecule has 0 aliphatic rings. The van der Waals surface area contributed by atoms with E-state index in [1.165, 1.54) is 0 Å². The average molecular weight is 280 g/mol. The van der Waals surface area contributed by atoms with Crippen LogP contribution in [-0.4, -0.2) is 12.1 Å². The van der Waals surface area contributed by atoms with Crippen LogP contribution in [0.4, 0.5) is 0 Å². The van der Waals surface area contributed by atoms with Crippen LogP contribution in [0, 0.1) is 0 Å². The van der Waals surface area contributed by atoms with Gasteiger partial charge in [-0.3, -0.25) is 0 Å². The molecule has 0 fully saturated rings. The van der Waals surface area contributed by atoms with E-state index in [0.717, 1.165) is 0 Å². The fourth-order valence-corrected chi connectivity index (χ4v) is 0. The van der Waals surface area contributed by atoms with Crippen molar-refractivity contribution in [3.05, 3.63) is 0 Å². The van der Waals surface area contributed by atoms with E-state index >= 15 is 0 Å². The second kappa shape index (κ2) is 6.29. The summed E-state index contributed by atoms with van der Waals surface area (Å²) in [5, 5.41) is 0. The van der Waals surface area contributed by atoms with Gasteiger partial charge in [0.25, 0.3) is 0 Å². The zero-order chi connectivity index (χ0) is 5.21. The van der Waals surface area contributed by atoms with E-state index in [-0.39, 0.29) is 46.6 Å². The molecule has 0 aliphatic heterocycles. The van der Waals surface area contributed by atoms with Crippen molar-refractivity contribution in [1.82, 2.24) is 0 Å². The van der Waals surface area contributed by atoms with Gasteiger partial charge in [-0.25, -0.2) is 0 Å². The van der Waals surface area contributed by atoms with Crippen LogP contribution in [0.5, 0.6) is 0 Å². The third-order valence-electron chi connectivity index (χ3n) is 0.526. The van der Waals surface area contributed by atoms with Crippen molar-refractivity contribution in [2.75, 3.05) is 6.54 Å². The molecule has 0 atom stereocenters. The first-order valence-electron chi connectivity index (χ1n) is 2.05. The topological polar surface area (TPSA) is 52.0 Å². The Balaban J connectivity index is -0.000000125. The van der Waals surface area contributed by atoms with Crippen molar-refractivity contribution in [2.24, 2.45) is 11.5 Å². The first kappa shape index (κ1) is 16.1. The first-order valence-corrected chi connectivity index (χ1v) is 2.05. The Morgan fingerprint density at radius 1 is 1.38 bits per heavy atom. The monoisotopic (exact) mass is 279 g/mol. The Morgan fingerprint density at radius 3 is 1.50 bits per heavy atom. The van der Waals surface area contributed by atoms with Gasteiger partial charge in [0.1, 0.15) is 0 Å². The van der Waals surface area contributed by atoms with Crippen LogP contribution in [0.25, 0.3) is 0 Å². The molecule has 4 heteroatoms. The Labute approximate surface area is 78.3 Å². The predicted octanol–water partition coefficient (Wildman–Crippen LogP) is 0.298. The minimum Gasteiger partial charge on any atom is -0.329 e. The molecule has 0 saturated carbocycles. The maximum absolute atomic E-state index is 5.41. The predicted molar refractivity (Wildman–Crippen MR) is 42.7 cm³/mol. The van der Waals surface area contributed by atoms with Crippen LogP contribution in [0.15, 0.2) is 0 Å². The summed E-state index contributed by atoms with van der Waals surface area (Å²) in [4.78, 5) is 0. The summed E-state index contributed by atoms with van der Waals surface area (Å²) in [6.45, 7) is 4.34. The van der Waals surface area contributed by atoms with Crippen LogP contribution in [0.3, 0.4) is 0 Å². The number of rotatable bonds is 1. The summed E-state index contributed by atoms with van der Waals surface area (Å²) in [5.74, 6) is 0. The first-order chi connectivity index (χ1) is 2.56. The van der Waals surface area contributed by atoms with Crippen molar-refractivity contribution in [3.8, 4) is 0 Å².